The molecule has 0 aromatic carbocycles. The van der Waals surface area contributed by atoms with Crippen molar-refractivity contribution < 1.29 is 9.47 Å². The fourth-order valence-corrected chi connectivity index (χ4v) is 1.77. The Balaban J connectivity index is 2.14. The van der Waals surface area contributed by atoms with E-state index < -0.39 is 0 Å². The Morgan fingerprint density at radius 1 is 1.60 bits per heavy atom. The van der Waals surface area contributed by atoms with Gasteiger partial charge in [-0.3, -0.25) is 0 Å². The maximum Gasteiger partial charge on any atom is 0.145 e. The van der Waals surface area contributed by atoms with Crippen LogP contribution in [0.5, 0.6) is 0 Å². The molecule has 0 radical (unpaired) electrons. The Morgan fingerprint density at radius 3 is 2.80 bits per heavy atom. The minimum absolute atomic E-state index is 0.0839. The lowest BCUT2D eigenvalue weighted by Gasteiger charge is -2.10. The maximum atomic E-state index is 5.53. The molecule has 2 nitrogen and oxygen atoms in total. The lowest BCUT2D eigenvalue weighted by molar-refractivity contribution is 0.0993. The molecule has 52 valence electrons. The topological polar surface area (TPSA) is 21.8 Å². The van der Waals surface area contributed by atoms with Crippen molar-refractivity contribution in [1.29, 1.82) is 0 Å². The molecule has 3 rings (SSSR count). The predicted octanol–water partition coefficient (Wildman–Crippen LogP) is 0.649. The molecule has 3 atom stereocenters. The highest BCUT2D eigenvalue weighted by atomic mass is 16.6. The molecule has 0 amide bonds. The number of epoxide rings is 1. The van der Waals surface area contributed by atoms with Gasteiger partial charge in [-0.2, -0.15) is 0 Å². The lowest BCUT2D eigenvalue weighted by atomic mass is 9.90. The van der Waals surface area contributed by atoms with Crippen LogP contribution < -0.4 is 0 Å². The molecule has 0 aromatic heterocycles. The van der Waals surface area contributed by atoms with Crippen LogP contribution >= 0.6 is 0 Å². The van der Waals surface area contributed by atoms with Gasteiger partial charge in [0.2, 0.25) is 0 Å². The van der Waals surface area contributed by atoms with Gasteiger partial charge >= 0.3 is 0 Å². The Hall–Kier alpha value is -0.600. The molecule has 1 spiro atoms. The fraction of sp³-hybridized carbons (Fsp3) is 0.500. The van der Waals surface area contributed by atoms with E-state index in [9.17, 15) is 0 Å². The van der Waals surface area contributed by atoms with Crippen LogP contribution in [-0.4, -0.2) is 24.4 Å². The third-order valence-corrected chi connectivity index (χ3v) is 2.56. The molecule has 0 N–H and O–H groups in total. The summed E-state index contributed by atoms with van der Waals surface area (Å²) in [4.78, 5) is 0. The van der Waals surface area contributed by atoms with Crippen LogP contribution in [0.1, 0.15) is 0 Å². The molecule has 3 heterocycles. The molecule has 3 aliphatic heterocycles. The number of ether oxygens (including phenoxy) is 2. The SMILES string of the molecule is C=C1[C@H]2C=C[C@H](O2)[C@@]12CO2. The van der Waals surface area contributed by atoms with Crippen LogP contribution in [0.25, 0.3) is 0 Å². The predicted molar refractivity (Wildman–Crippen MR) is 35.6 cm³/mol. The van der Waals surface area contributed by atoms with E-state index in [4.69, 9.17) is 9.47 Å². The molecule has 0 unspecified atom stereocenters. The molecular formula is C8H8O2. The summed E-state index contributed by atoms with van der Waals surface area (Å²) in [5.41, 5.74) is 1.03. The Morgan fingerprint density at radius 2 is 2.40 bits per heavy atom. The summed E-state index contributed by atoms with van der Waals surface area (Å²) in [5, 5.41) is 0. The summed E-state index contributed by atoms with van der Waals surface area (Å²) in [6, 6.07) is 0. The van der Waals surface area contributed by atoms with Crippen LogP contribution in [0.2, 0.25) is 0 Å². The first-order valence-corrected chi connectivity index (χ1v) is 3.50. The first kappa shape index (κ1) is 5.10. The van der Waals surface area contributed by atoms with E-state index in [1.807, 2.05) is 0 Å². The lowest BCUT2D eigenvalue weighted by Crippen LogP contribution is -2.24. The molecule has 2 bridgehead atoms. The van der Waals surface area contributed by atoms with Crippen molar-refractivity contribution in [2.24, 2.45) is 0 Å². The number of hydrogen-bond acceptors (Lipinski definition) is 2. The number of hydrogen-bond donors (Lipinski definition) is 0. The molecule has 0 saturated carbocycles. The largest absolute Gasteiger partial charge is 0.362 e. The maximum absolute atomic E-state index is 5.53. The third kappa shape index (κ3) is 0.351. The Labute approximate surface area is 59.1 Å². The molecule has 0 aliphatic carbocycles. The minimum Gasteiger partial charge on any atom is -0.362 e. The molecule has 2 heteroatoms. The number of rotatable bonds is 0. The first-order chi connectivity index (χ1) is 4.83. The van der Waals surface area contributed by atoms with Gasteiger partial charge < -0.3 is 9.47 Å². The fourth-order valence-electron chi connectivity index (χ4n) is 1.77. The second kappa shape index (κ2) is 1.22. The smallest absolute Gasteiger partial charge is 0.145 e. The van der Waals surface area contributed by atoms with Crippen molar-refractivity contribution in [3.05, 3.63) is 24.3 Å². The van der Waals surface area contributed by atoms with Crippen LogP contribution in [0.3, 0.4) is 0 Å². The third-order valence-electron chi connectivity index (χ3n) is 2.56. The summed E-state index contributed by atoms with van der Waals surface area (Å²) >= 11 is 0. The van der Waals surface area contributed by atoms with Crippen LogP contribution in [0.15, 0.2) is 24.3 Å². The van der Waals surface area contributed by atoms with Crippen LogP contribution in [0.4, 0.5) is 0 Å². The van der Waals surface area contributed by atoms with Gasteiger partial charge in [-0.1, -0.05) is 18.7 Å². The monoisotopic (exact) mass is 136 g/mol. The van der Waals surface area contributed by atoms with E-state index in [1.54, 1.807) is 0 Å². The zero-order valence-electron chi connectivity index (χ0n) is 5.54. The van der Waals surface area contributed by atoms with Crippen LogP contribution in [-0.2, 0) is 9.47 Å². The Kier molecular flexibility index (Phi) is 0.624. The minimum atomic E-state index is -0.0839. The molecule has 3 aliphatic rings. The van der Waals surface area contributed by atoms with Gasteiger partial charge in [-0.05, 0) is 5.57 Å². The molecular weight excluding hydrogens is 128 g/mol. The quantitative estimate of drug-likeness (QED) is 0.360. The van der Waals surface area contributed by atoms with Gasteiger partial charge in [-0.15, -0.1) is 0 Å². The van der Waals surface area contributed by atoms with Crippen molar-refractivity contribution in [3.63, 3.8) is 0 Å². The summed E-state index contributed by atoms with van der Waals surface area (Å²) in [6.07, 6.45) is 4.45. The van der Waals surface area contributed by atoms with E-state index in [1.165, 1.54) is 0 Å². The van der Waals surface area contributed by atoms with Crippen molar-refractivity contribution in [3.8, 4) is 0 Å². The van der Waals surface area contributed by atoms with Gasteiger partial charge in [0.1, 0.15) is 17.8 Å². The normalized spacial score (nSPS) is 55.0. The number of fused-ring (bicyclic) bond motifs is 3. The average Bonchev–Trinajstić information content (AvgIpc) is 2.51. The Bertz CT molecular complexity index is 238. The van der Waals surface area contributed by atoms with E-state index in [0.717, 1.165) is 12.2 Å². The van der Waals surface area contributed by atoms with Gasteiger partial charge in [0, 0.05) is 0 Å². The van der Waals surface area contributed by atoms with Gasteiger partial charge in [0.15, 0.2) is 0 Å². The second-order valence-corrected chi connectivity index (χ2v) is 3.07. The van der Waals surface area contributed by atoms with E-state index in [0.29, 0.717) is 0 Å². The van der Waals surface area contributed by atoms with Gasteiger partial charge in [0.25, 0.3) is 0 Å². The zero-order chi connectivity index (χ0) is 6.77. The van der Waals surface area contributed by atoms with Crippen molar-refractivity contribution in [2.45, 2.75) is 17.8 Å². The highest BCUT2D eigenvalue weighted by molar-refractivity contribution is 5.42. The summed E-state index contributed by atoms with van der Waals surface area (Å²) in [5.74, 6) is 0. The van der Waals surface area contributed by atoms with Gasteiger partial charge in [0.05, 0.1) is 6.61 Å². The van der Waals surface area contributed by atoms with Gasteiger partial charge in [-0.25, -0.2) is 0 Å². The summed E-state index contributed by atoms with van der Waals surface area (Å²) < 4.78 is 10.9. The standard InChI is InChI=1S/C8H8O2/c1-5-6-2-3-7(10-6)8(5)4-9-8/h2-3,6-7H,1,4H2/t6-,7+,8-/m1/s1. The molecule has 2 fully saturated rings. The van der Waals surface area contributed by atoms with E-state index in [-0.39, 0.29) is 17.8 Å². The average molecular weight is 136 g/mol. The first-order valence-electron chi connectivity index (χ1n) is 3.50. The summed E-state index contributed by atoms with van der Waals surface area (Å²) in [7, 11) is 0. The van der Waals surface area contributed by atoms with Crippen molar-refractivity contribution >= 4 is 0 Å². The molecule has 0 aromatic rings. The molecule has 2 saturated heterocycles. The second-order valence-electron chi connectivity index (χ2n) is 3.07. The molecule has 10 heavy (non-hydrogen) atoms. The van der Waals surface area contributed by atoms with E-state index in [2.05, 4.69) is 18.7 Å². The summed E-state index contributed by atoms with van der Waals surface area (Å²) in [6.45, 7) is 4.75. The van der Waals surface area contributed by atoms with Crippen LogP contribution in [0, 0.1) is 0 Å². The van der Waals surface area contributed by atoms with Crippen molar-refractivity contribution in [2.75, 3.05) is 6.61 Å². The van der Waals surface area contributed by atoms with E-state index >= 15 is 0 Å². The highest BCUT2D eigenvalue weighted by Crippen LogP contribution is 2.50. The van der Waals surface area contributed by atoms with Crippen molar-refractivity contribution in [1.82, 2.24) is 0 Å². The highest BCUT2D eigenvalue weighted by Gasteiger charge is 2.62. The zero-order valence-corrected chi connectivity index (χ0v) is 5.54.